The van der Waals surface area contributed by atoms with Crippen molar-refractivity contribution >= 4 is 5.71 Å². The lowest BCUT2D eigenvalue weighted by molar-refractivity contribution is 0.727. The predicted molar refractivity (Wildman–Crippen MR) is 129 cm³/mol. The van der Waals surface area contributed by atoms with Crippen LogP contribution in [0.2, 0.25) is 0 Å². The topological polar surface area (TPSA) is 12.4 Å². The fraction of sp³-hybridized carbons (Fsp3) is 0.654. The van der Waals surface area contributed by atoms with Gasteiger partial charge in [-0.25, -0.2) is 0 Å². The molecule has 0 saturated carbocycles. The van der Waals surface area contributed by atoms with E-state index in [1.807, 2.05) is 33.8 Å². The second kappa shape index (κ2) is 26.9. The van der Waals surface area contributed by atoms with Crippen molar-refractivity contribution in [2.75, 3.05) is 6.54 Å². The van der Waals surface area contributed by atoms with Crippen molar-refractivity contribution in [3.63, 3.8) is 0 Å². The first-order valence-corrected chi connectivity index (χ1v) is 11.3. The lowest BCUT2D eigenvalue weighted by Gasteiger charge is -2.06. The molecule has 1 nitrogen and oxygen atoms in total. The van der Waals surface area contributed by atoms with Gasteiger partial charge in [-0.05, 0) is 57.9 Å². The van der Waals surface area contributed by atoms with Crippen molar-refractivity contribution in [1.82, 2.24) is 0 Å². The van der Waals surface area contributed by atoms with Gasteiger partial charge >= 0.3 is 0 Å². The van der Waals surface area contributed by atoms with Crippen LogP contribution in [0, 0.1) is 0 Å². The molecule has 0 amide bonds. The normalized spacial score (nSPS) is 9.70. The van der Waals surface area contributed by atoms with Crippen molar-refractivity contribution < 1.29 is 0 Å². The quantitative estimate of drug-likeness (QED) is 0.220. The summed E-state index contributed by atoms with van der Waals surface area (Å²) < 4.78 is 0. The standard InChI is InChI=1S/C14H27N.C8H10.2C2H6/c1-5-7-8-11-14(15-6-2)12-9-10-13(3)4;1-2-8-6-4-3-5-7-8;2*1-2/h3,5-12H2,1-2,4H3;3-7H,2H2,1H3;2*1-2H3. The van der Waals surface area contributed by atoms with Gasteiger partial charge in [0.15, 0.2) is 0 Å². The molecule has 0 fully saturated rings. The lowest BCUT2D eigenvalue weighted by atomic mass is 10.0. The Labute approximate surface area is 172 Å². The number of rotatable bonds is 10. The number of hydrogen-bond donors (Lipinski definition) is 0. The van der Waals surface area contributed by atoms with Crippen LogP contribution in [-0.4, -0.2) is 12.3 Å². The Morgan fingerprint density at radius 2 is 1.37 bits per heavy atom. The molecule has 158 valence electrons. The van der Waals surface area contributed by atoms with E-state index in [9.17, 15) is 0 Å². The molecule has 0 spiro atoms. The minimum Gasteiger partial charge on any atom is -0.294 e. The Hall–Kier alpha value is -1.37. The van der Waals surface area contributed by atoms with Crippen LogP contribution in [0.15, 0.2) is 47.5 Å². The summed E-state index contributed by atoms with van der Waals surface area (Å²) in [6.07, 6.45) is 9.83. The largest absolute Gasteiger partial charge is 0.294 e. The van der Waals surface area contributed by atoms with Crippen LogP contribution in [0.4, 0.5) is 0 Å². The van der Waals surface area contributed by atoms with E-state index in [4.69, 9.17) is 0 Å². The van der Waals surface area contributed by atoms with Gasteiger partial charge in [0.2, 0.25) is 0 Å². The number of nitrogens with zero attached hydrogens (tertiary/aromatic N) is 1. The van der Waals surface area contributed by atoms with Crippen LogP contribution >= 0.6 is 0 Å². The third-order valence-corrected chi connectivity index (χ3v) is 3.77. The van der Waals surface area contributed by atoms with Gasteiger partial charge in [0.1, 0.15) is 0 Å². The van der Waals surface area contributed by atoms with Crippen LogP contribution in [0.1, 0.15) is 106 Å². The minimum absolute atomic E-state index is 0.939. The average Bonchev–Trinajstić information content (AvgIpc) is 2.72. The van der Waals surface area contributed by atoms with Gasteiger partial charge in [0.05, 0.1) is 0 Å². The molecule has 1 rings (SSSR count). The Bertz CT molecular complexity index is 417. The molecule has 0 N–H and O–H groups in total. The van der Waals surface area contributed by atoms with Gasteiger partial charge in [-0.3, -0.25) is 4.99 Å². The molecule has 0 saturated heterocycles. The van der Waals surface area contributed by atoms with Crippen LogP contribution in [0.3, 0.4) is 0 Å². The highest BCUT2D eigenvalue weighted by atomic mass is 14.7. The highest BCUT2D eigenvalue weighted by Crippen LogP contribution is 2.10. The molecule has 0 aliphatic rings. The highest BCUT2D eigenvalue weighted by molar-refractivity contribution is 5.84. The van der Waals surface area contributed by atoms with E-state index in [2.05, 4.69) is 63.5 Å². The molecule has 0 atom stereocenters. The summed E-state index contributed by atoms with van der Waals surface area (Å²) in [5, 5.41) is 0. The fourth-order valence-corrected chi connectivity index (χ4v) is 2.39. The summed E-state index contributed by atoms with van der Waals surface area (Å²) in [5.41, 5.74) is 4.12. The summed E-state index contributed by atoms with van der Waals surface area (Å²) in [6.45, 7) is 21.5. The Balaban J connectivity index is -0.000000400. The summed E-state index contributed by atoms with van der Waals surface area (Å²) in [6, 6.07) is 10.5. The second-order valence-corrected chi connectivity index (χ2v) is 6.15. The minimum atomic E-state index is 0.939. The molecule has 0 aromatic heterocycles. The molecule has 0 aliphatic heterocycles. The van der Waals surface area contributed by atoms with E-state index in [1.54, 1.807) is 0 Å². The highest BCUT2D eigenvalue weighted by Gasteiger charge is 1.99. The predicted octanol–water partition coefficient (Wildman–Crippen LogP) is 9.08. The van der Waals surface area contributed by atoms with E-state index < -0.39 is 0 Å². The lowest BCUT2D eigenvalue weighted by Crippen LogP contribution is -2.00. The number of benzene rings is 1. The van der Waals surface area contributed by atoms with Gasteiger partial charge in [0, 0.05) is 12.3 Å². The van der Waals surface area contributed by atoms with Gasteiger partial charge in [-0.1, -0.05) is 90.3 Å². The number of unbranched alkanes of at least 4 members (excludes halogenated alkanes) is 2. The molecule has 27 heavy (non-hydrogen) atoms. The zero-order valence-corrected chi connectivity index (χ0v) is 19.9. The summed E-state index contributed by atoms with van der Waals surface area (Å²) in [7, 11) is 0. The van der Waals surface area contributed by atoms with Crippen LogP contribution in [0.25, 0.3) is 0 Å². The van der Waals surface area contributed by atoms with Crippen molar-refractivity contribution in [2.45, 2.75) is 107 Å². The molecule has 1 aromatic rings. The maximum Gasteiger partial charge on any atom is 0.0360 e. The number of allylic oxidation sites excluding steroid dienone is 1. The molecular formula is C26H49N. The maximum absolute atomic E-state index is 4.58. The van der Waals surface area contributed by atoms with E-state index in [1.165, 1.54) is 55.4 Å². The smallest absolute Gasteiger partial charge is 0.0360 e. The number of aliphatic imine (C=N–C) groups is 1. The fourth-order valence-electron chi connectivity index (χ4n) is 2.39. The molecule has 0 aliphatic carbocycles. The molecule has 1 heteroatoms. The third-order valence-electron chi connectivity index (χ3n) is 3.77. The molecule has 0 heterocycles. The number of hydrogen-bond acceptors (Lipinski definition) is 1. The average molecular weight is 376 g/mol. The van der Waals surface area contributed by atoms with E-state index in [0.29, 0.717) is 0 Å². The van der Waals surface area contributed by atoms with Crippen LogP contribution < -0.4 is 0 Å². The van der Waals surface area contributed by atoms with Gasteiger partial charge < -0.3 is 0 Å². The van der Waals surface area contributed by atoms with E-state index >= 15 is 0 Å². The Morgan fingerprint density at radius 3 is 1.78 bits per heavy atom. The molecule has 0 radical (unpaired) electrons. The molecule has 1 aromatic carbocycles. The van der Waals surface area contributed by atoms with Crippen LogP contribution in [0.5, 0.6) is 0 Å². The SMILES string of the molecule is C=C(C)CCCC(CCCCC)=NCC.CC.CC.CCc1ccccc1. The summed E-state index contributed by atoms with van der Waals surface area (Å²) >= 11 is 0. The van der Waals surface area contributed by atoms with E-state index in [0.717, 1.165) is 19.4 Å². The van der Waals surface area contributed by atoms with Crippen LogP contribution in [-0.2, 0) is 6.42 Å². The molecular weight excluding hydrogens is 326 g/mol. The molecule has 0 unspecified atom stereocenters. The maximum atomic E-state index is 4.58. The van der Waals surface area contributed by atoms with E-state index in [-0.39, 0.29) is 0 Å². The first-order valence-electron chi connectivity index (χ1n) is 11.3. The van der Waals surface area contributed by atoms with Gasteiger partial charge in [-0.15, -0.1) is 6.58 Å². The zero-order chi connectivity index (χ0) is 21.3. The second-order valence-electron chi connectivity index (χ2n) is 6.15. The summed E-state index contributed by atoms with van der Waals surface area (Å²) in [4.78, 5) is 4.58. The summed E-state index contributed by atoms with van der Waals surface area (Å²) in [5.74, 6) is 0. The Morgan fingerprint density at radius 1 is 0.815 bits per heavy atom. The van der Waals surface area contributed by atoms with Gasteiger partial charge in [0.25, 0.3) is 0 Å². The van der Waals surface area contributed by atoms with Crippen molar-refractivity contribution in [3.8, 4) is 0 Å². The Kier molecular flexibility index (Phi) is 30.2. The van der Waals surface area contributed by atoms with Crippen molar-refractivity contribution in [1.29, 1.82) is 0 Å². The number of aryl methyl sites for hydroxylation is 1. The van der Waals surface area contributed by atoms with Gasteiger partial charge in [-0.2, -0.15) is 0 Å². The van der Waals surface area contributed by atoms with Crippen molar-refractivity contribution in [3.05, 3.63) is 48.0 Å². The third kappa shape index (κ3) is 24.6. The first kappa shape index (κ1) is 30.4. The molecule has 0 bridgehead atoms. The zero-order valence-electron chi connectivity index (χ0n) is 19.9. The monoisotopic (exact) mass is 375 g/mol. The first-order chi connectivity index (χ1) is 13.1. The van der Waals surface area contributed by atoms with Crippen molar-refractivity contribution in [2.24, 2.45) is 4.99 Å².